The standard InChI is InChI=1S/C14H19ClN2OS/c1-2-7-17(9-12-5-6-13(15)19-12)14(18)10-3-4-11(16)8-10/h2,5-6,10-11H,1,3-4,7-9,16H2/t10-,11-/m1/s1. The van der Waals surface area contributed by atoms with Gasteiger partial charge in [-0.1, -0.05) is 17.7 Å². The highest BCUT2D eigenvalue weighted by Gasteiger charge is 2.30. The van der Waals surface area contributed by atoms with Gasteiger partial charge in [0.15, 0.2) is 0 Å². The molecule has 1 amide bonds. The van der Waals surface area contributed by atoms with Crippen molar-refractivity contribution in [2.45, 2.75) is 31.8 Å². The van der Waals surface area contributed by atoms with Gasteiger partial charge in [-0.15, -0.1) is 17.9 Å². The predicted molar refractivity (Wildman–Crippen MR) is 80.3 cm³/mol. The first-order chi connectivity index (χ1) is 9.10. The number of nitrogens with zero attached hydrogens (tertiary/aromatic N) is 1. The first kappa shape index (κ1) is 14.6. The highest BCUT2D eigenvalue weighted by Crippen LogP contribution is 2.28. The SMILES string of the molecule is C=CCN(Cc1ccc(Cl)s1)C(=O)[C@@H]1CC[C@@H](N)C1. The van der Waals surface area contributed by atoms with Crippen LogP contribution in [0, 0.1) is 5.92 Å². The Balaban J connectivity index is 2.02. The zero-order chi connectivity index (χ0) is 13.8. The summed E-state index contributed by atoms with van der Waals surface area (Å²) < 4.78 is 0.754. The third kappa shape index (κ3) is 3.81. The van der Waals surface area contributed by atoms with Crippen molar-refractivity contribution in [2.24, 2.45) is 11.7 Å². The van der Waals surface area contributed by atoms with Crippen LogP contribution in [0.2, 0.25) is 4.34 Å². The highest BCUT2D eigenvalue weighted by molar-refractivity contribution is 7.16. The number of hydrogen-bond acceptors (Lipinski definition) is 3. The summed E-state index contributed by atoms with van der Waals surface area (Å²) in [5, 5.41) is 0. The molecule has 0 unspecified atom stereocenters. The van der Waals surface area contributed by atoms with Gasteiger partial charge in [0.1, 0.15) is 0 Å². The van der Waals surface area contributed by atoms with E-state index in [1.807, 2.05) is 17.0 Å². The zero-order valence-corrected chi connectivity index (χ0v) is 12.4. The number of carbonyl (C=O) groups is 1. The monoisotopic (exact) mass is 298 g/mol. The van der Waals surface area contributed by atoms with Crippen molar-refractivity contribution in [3.63, 3.8) is 0 Å². The second kappa shape index (κ2) is 6.55. The molecule has 2 atom stereocenters. The van der Waals surface area contributed by atoms with E-state index in [1.54, 1.807) is 6.08 Å². The third-order valence-corrected chi connectivity index (χ3v) is 4.68. The molecule has 1 aromatic heterocycles. The Morgan fingerprint density at radius 3 is 2.89 bits per heavy atom. The molecular weight excluding hydrogens is 280 g/mol. The Labute approximate surface area is 123 Å². The Morgan fingerprint density at radius 2 is 2.37 bits per heavy atom. The number of carbonyl (C=O) groups excluding carboxylic acids is 1. The van der Waals surface area contributed by atoms with Crippen LogP contribution in [-0.4, -0.2) is 23.4 Å². The minimum Gasteiger partial charge on any atom is -0.334 e. The molecule has 1 fully saturated rings. The smallest absolute Gasteiger partial charge is 0.226 e. The van der Waals surface area contributed by atoms with Gasteiger partial charge in [0, 0.05) is 23.4 Å². The number of amides is 1. The van der Waals surface area contributed by atoms with E-state index in [2.05, 4.69) is 6.58 Å². The lowest BCUT2D eigenvalue weighted by atomic mass is 10.1. The molecule has 0 bridgehead atoms. The predicted octanol–water partition coefficient (Wildman–Crippen LogP) is 3.04. The van der Waals surface area contributed by atoms with E-state index in [1.165, 1.54) is 11.3 Å². The number of thiophene rings is 1. The second-order valence-electron chi connectivity index (χ2n) is 4.98. The molecule has 19 heavy (non-hydrogen) atoms. The minimum atomic E-state index is 0.0744. The van der Waals surface area contributed by atoms with Gasteiger partial charge in [-0.3, -0.25) is 4.79 Å². The molecular formula is C14H19ClN2OS. The summed E-state index contributed by atoms with van der Waals surface area (Å²) in [4.78, 5) is 15.4. The van der Waals surface area contributed by atoms with Gasteiger partial charge in [-0.2, -0.15) is 0 Å². The van der Waals surface area contributed by atoms with Gasteiger partial charge >= 0.3 is 0 Å². The molecule has 0 aromatic carbocycles. The van der Waals surface area contributed by atoms with Crippen molar-refractivity contribution in [2.75, 3.05) is 6.54 Å². The molecule has 2 N–H and O–H groups in total. The maximum absolute atomic E-state index is 12.5. The summed E-state index contributed by atoms with van der Waals surface area (Å²) in [6, 6.07) is 4.01. The van der Waals surface area contributed by atoms with Crippen LogP contribution in [0.4, 0.5) is 0 Å². The number of halogens is 1. The summed E-state index contributed by atoms with van der Waals surface area (Å²) in [5.74, 6) is 0.266. The summed E-state index contributed by atoms with van der Waals surface area (Å²) in [6.07, 6.45) is 4.42. The number of rotatable bonds is 5. The third-order valence-electron chi connectivity index (χ3n) is 3.46. The Morgan fingerprint density at radius 1 is 1.58 bits per heavy atom. The Kier molecular flexibility index (Phi) is 5.02. The summed E-state index contributed by atoms with van der Waals surface area (Å²) in [6.45, 7) is 4.90. The first-order valence-corrected chi connectivity index (χ1v) is 7.69. The van der Waals surface area contributed by atoms with Crippen molar-refractivity contribution in [1.82, 2.24) is 4.90 Å². The van der Waals surface area contributed by atoms with E-state index in [0.717, 1.165) is 28.5 Å². The van der Waals surface area contributed by atoms with Crippen LogP contribution in [0.25, 0.3) is 0 Å². The van der Waals surface area contributed by atoms with Crippen molar-refractivity contribution >= 4 is 28.8 Å². The molecule has 1 aromatic rings. The topological polar surface area (TPSA) is 46.3 Å². The van der Waals surface area contributed by atoms with Crippen molar-refractivity contribution < 1.29 is 4.79 Å². The molecule has 0 spiro atoms. The van der Waals surface area contributed by atoms with Crippen molar-refractivity contribution in [3.05, 3.63) is 34.0 Å². The summed E-state index contributed by atoms with van der Waals surface area (Å²) >= 11 is 7.44. The second-order valence-corrected chi connectivity index (χ2v) is 6.78. The van der Waals surface area contributed by atoms with Crippen LogP contribution in [0.3, 0.4) is 0 Å². The van der Waals surface area contributed by atoms with Gasteiger partial charge in [-0.05, 0) is 31.4 Å². The molecule has 1 heterocycles. The lowest BCUT2D eigenvalue weighted by Crippen LogP contribution is -2.35. The van der Waals surface area contributed by atoms with Crippen LogP contribution in [0.15, 0.2) is 24.8 Å². The first-order valence-electron chi connectivity index (χ1n) is 6.49. The van der Waals surface area contributed by atoms with Gasteiger partial charge < -0.3 is 10.6 Å². The fraction of sp³-hybridized carbons (Fsp3) is 0.500. The number of nitrogens with two attached hydrogens (primary N) is 1. The molecule has 2 rings (SSSR count). The average Bonchev–Trinajstić information content (AvgIpc) is 2.97. The molecule has 1 aliphatic rings. The largest absolute Gasteiger partial charge is 0.334 e. The Hall–Kier alpha value is -0.840. The van der Waals surface area contributed by atoms with Gasteiger partial charge in [0.2, 0.25) is 5.91 Å². The molecule has 104 valence electrons. The normalized spacial score (nSPS) is 22.4. The van der Waals surface area contributed by atoms with Crippen LogP contribution >= 0.6 is 22.9 Å². The average molecular weight is 299 g/mol. The van der Waals surface area contributed by atoms with E-state index >= 15 is 0 Å². The molecule has 0 saturated heterocycles. The molecule has 1 aliphatic carbocycles. The lowest BCUT2D eigenvalue weighted by molar-refractivity contribution is -0.135. The van der Waals surface area contributed by atoms with Crippen LogP contribution < -0.4 is 5.73 Å². The molecule has 5 heteroatoms. The highest BCUT2D eigenvalue weighted by atomic mass is 35.5. The molecule has 0 radical (unpaired) electrons. The van der Waals surface area contributed by atoms with Gasteiger partial charge in [-0.25, -0.2) is 0 Å². The van der Waals surface area contributed by atoms with E-state index in [9.17, 15) is 4.79 Å². The van der Waals surface area contributed by atoms with Crippen LogP contribution in [0.5, 0.6) is 0 Å². The maximum atomic E-state index is 12.5. The van der Waals surface area contributed by atoms with E-state index in [-0.39, 0.29) is 17.9 Å². The van der Waals surface area contributed by atoms with Crippen molar-refractivity contribution in [3.8, 4) is 0 Å². The fourth-order valence-electron chi connectivity index (χ4n) is 2.51. The van der Waals surface area contributed by atoms with E-state index < -0.39 is 0 Å². The van der Waals surface area contributed by atoms with E-state index in [4.69, 9.17) is 17.3 Å². The fourth-order valence-corrected chi connectivity index (χ4v) is 3.62. The molecule has 0 aliphatic heterocycles. The lowest BCUT2D eigenvalue weighted by Gasteiger charge is -2.24. The number of hydrogen-bond donors (Lipinski definition) is 1. The summed E-state index contributed by atoms with van der Waals surface area (Å²) in [5.41, 5.74) is 5.89. The van der Waals surface area contributed by atoms with Gasteiger partial charge in [0.25, 0.3) is 0 Å². The van der Waals surface area contributed by atoms with Crippen molar-refractivity contribution in [1.29, 1.82) is 0 Å². The summed E-state index contributed by atoms with van der Waals surface area (Å²) in [7, 11) is 0. The Bertz CT molecular complexity index is 460. The maximum Gasteiger partial charge on any atom is 0.226 e. The molecule has 3 nitrogen and oxygen atoms in total. The minimum absolute atomic E-state index is 0.0744. The van der Waals surface area contributed by atoms with Crippen LogP contribution in [-0.2, 0) is 11.3 Å². The van der Waals surface area contributed by atoms with Crippen LogP contribution in [0.1, 0.15) is 24.1 Å². The zero-order valence-electron chi connectivity index (χ0n) is 10.8. The molecule has 1 saturated carbocycles. The van der Waals surface area contributed by atoms with Gasteiger partial charge in [0.05, 0.1) is 10.9 Å². The van der Waals surface area contributed by atoms with E-state index in [0.29, 0.717) is 13.1 Å². The quantitative estimate of drug-likeness (QED) is 0.849.